The third kappa shape index (κ3) is 1.80. The molecule has 0 aliphatic rings. The lowest BCUT2D eigenvalue weighted by Crippen LogP contribution is -2.40. The number of hydrogen-bond acceptors (Lipinski definition) is 3. The Morgan fingerprint density at radius 1 is 1.38 bits per heavy atom. The molecule has 5 nitrogen and oxygen atoms in total. The van der Waals surface area contributed by atoms with Crippen molar-refractivity contribution in [3.63, 3.8) is 0 Å². The van der Waals surface area contributed by atoms with E-state index in [1.807, 2.05) is 20.8 Å². The van der Waals surface area contributed by atoms with Gasteiger partial charge in [-0.2, -0.15) is 0 Å². The molecule has 0 aromatic carbocycles. The quantitative estimate of drug-likeness (QED) is 0.588. The number of nitrogen functional groups attached to an aromatic ring is 1. The molecule has 5 heteroatoms. The third-order valence-electron chi connectivity index (χ3n) is 1.64. The predicted octanol–water partition coefficient (Wildman–Crippen LogP) is -0.126. The second-order valence-corrected chi connectivity index (χ2v) is 3.87. The molecule has 0 aliphatic heterocycles. The van der Waals surface area contributed by atoms with Crippen molar-refractivity contribution in [3.05, 3.63) is 26.9 Å². The number of nitrogens with two attached hydrogens (primary N) is 1. The van der Waals surface area contributed by atoms with E-state index < -0.39 is 16.8 Å². The molecule has 0 aliphatic carbocycles. The summed E-state index contributed by atoms with van der Waals surface area (Å²) in [5.41, 5.74) is 4.18. The smallest absolute Gasteiger partial charge is 0.330 e. The van der Waals surface area contributed by atoms with Crippen molar-refractivity contribution in [3.8, 4) is 0 Å². The van der Waals surface area contributed by atoms with Crippen LogP contribution < -0.4 is 17.0 Å². The minimum absolute atomic E-state index is 0.182. The van der Waals surface area contributed by atoms with Crippen molar-refractivity contribution in [2.45, 2.75) is 26.3 Å². The lowest BCUT2D eigenvalue weighted by molar-refractivity contribution is 0.383. The fourth-order valence-electron chi connectivity index (χ4n) is 1.21. The second-order valence-electron chi connectivity index (χ2n) is 3.87. The van der Waals surface area contributed by atoms with Crippen LogP contribution in [0.2, 0.25) is 0 Å². The number of nitrogens with zero attached hydrogens (tertiary/aromatic N) is 1. The first kappa shape index (κ1) is 9.57. The summed E-state index contributed by atoms with van der Waals surface area (Å²) in [6, 6.07) is 1.20. The van der Waals surface area contributed by atoms with Crippen molar-refractivity contribution in [2.24, 2.45) is 0 Å². The van der Waals surface area contributed by atoms with Crippen LogP contribution in [0.4, 0.5) is 5.82 Å². The summed E-state index contributed by atoms with van der Waals surface area (Å²) in [4.78, 5) is 24.3. The molecule has 0 spiro atoms. The molecular formula is C8H13N3O2. The highest BCUT2D eigenvalue weighted by molar-refractivity contribution is 5.27. The van der Waals surface area contributed by atoms with Crippen molar-refractivity contribution in [1.82, 2.24) is 9.55 Å². The molecule has 1 rings (SSSR count). The van der Waals surface area contributed by atoms with Crippen LogP contribution in [0, 0.1) is 0 Å². The largest absolute Gasteiger partial charge is 0.385 e. The van der Waals surface area contributed by atoms with Gasteiger partial charge in [0.25, 0.3) is 5.56 Å². The van der Waals surface area contributed by atoms with Gasteiger partial charge in [0.2, 0.25) is 0 Å². The SMILES string of the molecule is CC(C)(C)n1c(N)cc(=O)[nH]c1=O. The Balaban J connectivity index is 3.57. The number of aromatic nitrogens is 2. The van der Waals surface area contributed by atoms with Crippen LogP contribution in [-0.4, -0.2) is 9.55 Å². The maximum absolute atomic E-state index is 11.3. The molecule has 0 unspecified atom stereocenters. The Kier molecular flexibility index (Phi) is 2.03. The van der Waals surface area contributed by atoms with Gasteiger partial charge in [0, 0.05) is 11.6 Å². The molecule has 0 radical (unpaired) electrons. The molecule has 0 fully saturated rings. The van der Waals surface area contributed by atoms with Crippen LogP contribution in [0.5, 0.6) is 0 Å². The van der Waals surface area contributed by atoms with E-state index in [-0.39, 0.29) is 5.82 Å². The molecule has 1 heterocycles. The van der Waals surface area contributed by atoms with Gasteiger partial charge in [0.1, 0.15) is 5.82 Å². The zero-order chi connectivity index (χ0) is 10.2. The van der Waals surface area contributed by atoms with Gasteiger partial charge in [-0.1, -0.05) is 0 Å². The Morgan fingerprint density at radius 2 is 1.92 bits per heavy atom. The van der Waals surface area contributed by atoms with Crippen molar-refractivity contribution >= 4 is 5.82 Å². The highest BCUT2D eigenvalue weighted by Gasteiger charge is 2.17. The minimum atomic E-state index is -0.475. The lowest BCUT2D eigenvalue weighted by Gasteiger charge is -2.23. The second kappa shape index (κ2) is 2.76. The molecular weight excluding hydrogens is 170 g/mol. The topological polar surface area (TPSA) is 80.9 Å². The number of anilines is 1. The summed E-state index contributed by atoms with van der Waals surface area (Å²) < 4.78 is 1.34. The van der Waals surface area contributed by atoms with Gasteiger partial charge in [0.15, 0.2) is 0 Å². The van der Waals surface area contributed by atoms with Crippen LogP contribution in [0.25, 0.3) is 0 Å². The maximum atomic E-state index is 11.3. The molecule has 13 heavy (non-hydrogen) atoms. The summed E-state index contributed by atoms with van der Waals surface area (Å²) in [6.07, 6.45) is 0. The van der Waals surface area contributed by atoms with E-state index in [1.165, 1.54) is 10.6 Å². The number of nitrogens with one attached hydrogen (secondary N) is 1. The van der Waals surface area contributed by atoms with E-state index in [1.54, 1.807) is 0 Å². The Labute approximate surface area is 75.2 Å². The lowest BCUT2D eigenvalue weighted by atomic mass is 10.1. The number of hydrogen-bond donors (Lipinski definition) is 2. The summed E-state index contributed by atoms with van der Waals surface area (Å²) in [5.74, 6) is 0.182. The fraction of sp³-hybridized carbons (Fsp3) is 0.500. The van der Waals surface area contributed by atoms with E-state index in [2.05, 4.69) is 4.98 Å². The van der Waals surface area contributed by atoms with Gasteiger partial charge in [-0.3, -0.25) is 14.3 Å². The molecule has 1 aromatic heterocycles. The van der Waals surface area contributed by atoms with Gasteiger partial charge >= 0.3 is 5.69 Å². The fourth-order valence-corrected chi connectivity index (χ4v) is 1.21. The molecule has 0 atom stereocenters. The number of H-pyrrole nitrogens is 1. The predicted molar refractivity (Wildman–Crippen MR) is 50.7 cm³/mol. The minimum Gasteiger partial charge on any atom is -0.385 e. The summed E-state index contributed by atoms with van der Waals surface area (Å²) in [5, 5.41) is 0. The Bertz CT molecular complexity index is 422. The first-order chi connectivity index (χ1) is 5.82. The van der Waals surface area contributed by atoms with Crippen LogP contribution in [0.3, 0.4) is 0 Å². The van der Waals surface area contributed by atoms with Gasteiger partial charge in [-0.05, 0) is 20.8 Å². The summed E-state index contributed by atoms with van der Waals surface area (Å²) in [7, 11) is 0. The van der Waals surface area contributed by atoms with E-state index in [0.29, 0.717) is 0 Å². The van der Waals surface area contributed by atoms with Crippen molar-refractivity contribution in [1.29, 1.82) is 0 Å². The molecule has 3 N–H and O–H groups in total. The number of aromatic amines is 1. The zero-order valence-electron chi connectivity index (χ0n) is 7.92. The summed E-state index contributed by atoms with van der Waals surface area (Å²) >= 11 is 0. The van der Waals surface area contributed by atoms with Gasteiger partial charge in [0.05, 0.1) is 0 Å². The van der Waals surface area contributed by atoms with Crippen LogP contribution in [0.1, 0.15) is 20.8 Å². The highest BCUT2D eigenvalue weighted by Crippen LogP contribution is 2.13. The van der Waals surface area contributed by atoms with Crippen molar-refractivity contribution in [2.75, 3.05) is 5.73 Å². The van der Waals surface area contributed by atoms with Crippen LogP contribution >= 0.6 is 0 Å². The number of rotatable bonds is 0. The van der Waals surface area contributed by atoms with E-state index >= 15 is 0 Å². The molecule has 0 saturated heterocycles. The Hall–Kier alpha value is -1.52. The van der Waals surface area contributed by atoms with Crippen LogP contribution in [0.15, 0.2) is 15.7 Å². The summed E-state index contributed by atoms with van der Waals surface area (Å²) in [6.45, 7) is 5.51. The van der Waals surface area contributed by atoms with Gasteiger partial charge < -0.3 is 5.73 Å². The Morgan fingerprint density at radius 3 is 2.31 bits per heavy atom. The van der Waals surface area contributed by atoms with Gasteiger partial charge in [-0.15, -0.1) is 0 Å². The first-order valence-corrected chi connectivity index (χ1v) is 3.95. The third-order valence-corrected chi connectivity index (χ3v) is 1.64. The van der Waals surface area contributed by atoms with Crippen LogP contribution in [-0.2, 0) is 5.54 Å². The first-order valence-electron chi connectivity index (χ1n) is 3.95. The van der Waals surface area contributed by atoms with E-state index in [9.17, 15) is 9.59 Å². The molecule has 72 valence electrons. The average molecular weight is 183 g/mol. The maximum Gasteiger partial charge on any atom is 0.330 e. The molecule has 0 saturated carbocycles. The normalized spacial score (nSPS) is 11.6. The van der Waals surface area contributed by atoms with Gasteiger partial charge in [-0.25, -0.2) is 4.79 Å². The van der Waals surface area contributed by atoms with E-state index in [0.717, 1.165) is 0 Å². The molecule has 0 bridgehead atoms. The standard InChI is InChI=1S/C8H13N3O2/c1-8(2,3)11-5(9)4-6(12)10-7(11)13/h4H,9H2,1-3H3,(H,10,12,13). The van der Waals surface area contributed by atoms with E-state index in [4.69, 9.17) is 5.73 Å². The molecule has 0 amide bonds. The van der Waals surface area contributed by atoms with Crippen molar-refractivity contribution < 1.29 is 0 Å². The highest BCUT2D eigenvalue weighted by atomic mass is 16.2. The zero-order valence-corrected chi connectivity index (χ0v) is 7.92. The monoisotopic (exact) mass is 183 g/mol. The molecule has 1 aromatic rings. The average Bonchev–Trinajstić information content (AvgIpc) is 1.78.